The Morgan fingerprint density at radius 2 is 0.857 bits per heavy atom. The van der Waals surface area contributed by atoms with Crippen LogP contribution >= 0.6 is 0 Å². The third kappa shape index (κ3) is 4.11. The molecule has 0 N–H and O–H groups in total. The maximum Gasteiger partial charge on any atom is 0.0709 e. The van der Waals surface area contributed by atoms with Crippen molar-refractivity contribution in [2.45, 2.75) is 0 Å². The number of rotatable bonds is 4. The first-order chi connectivity index (χ1) is 20.8. The highest BCUT2D eigenvalue weighted by molar-refractivity contribution is 6.21. The lowest BCUT2D eigenvalue weighted by Gasteiger charge is -2.18. The van der Waals surface area contributed by atoms with Gasteiger partial charge < -0.3 is 0 Å². The van der Waals surface area contributed by atoms with Gasteiger partial charge in [-0.15, -0.1) is 0 Å². The maximum atomic E-state index is 4.68. The lowest BCUT2D eigenvalue weighted by molar-refractivity contribution is 1.29. The Balaban J connectivity index is 1.35. The van der Waals surface area contributed by atoms with Gasteiger partial charge in [-0.25, -0.2) is 0 Å². The summed E-state index contributed by atoms with van der Waals surface area (Å²) in [4.78, 5) is 13.4. The Morgan fingerprint density at radius 3 is 1.48 bits per heavy atom. The van der Waals surface area contributed by atoms with E-state index in [1.54, 1.807) is 0 Å². The van der Waals surface area contributed by atoms with Gasteiger partial charge in [-0.3, -0.25) is 15.0 Å². The summed E-state index contributed by atoms with van der Waals surface area (Å²) in [6, 6.07) is 45.3. The molecule has 0 aliphatic rings. The normalized spacial score (nSPS) is 11.3. The molecule has 8 aromatic rings. The van der Waals surface area contributed by atoms with Crippen molar-refractivity contribution in [2.24, 2.45) is 0 Å². The molecule has 42 heavy (non-hydrogen) atoms. The van der Waals surface area contributed by atoms with Crippen LogP contribution in [-0.2, 0) is 0 Å². The Bertz CT molecular complexity index is 2180. The fourth-order valence-electron chi connectivity index (χ4n) is 6.11. The van der Waals surface area contributed by atoms with Crippen LogP contribution in [0.25, 0.3) is 77.1 Å². The third-order valence-corrected chi connectivity index (χ3v) is 8.05. The molecule has 0 aliphatic carbocycles. The predicted molar refractivity (Wildman–Crippen MR) is 174 cm³/mol. The zero-order chi connectivity index (χ0) is 27.9. The maximum absolute atomic E-state index is 4.68. The van der Waals surface area contributed by atoms with E-state index in [-0.39, 0.29) is 0 Å². The summed E-state index contributed by atoms with van der Waals surface area (Å²) in [5, 5.41) is 7.33. The molecule has 8 rings (SSSR count). The molecule has 0 radical (unpaired) electrons. The summed E-state index contributed by atoms with van der Waals surface area (Å²) in [6.07, 6.45) is 7.37. The Kier molecular flexibility index (Phi) is 5.79. The van der Waals surface area contributed by atoms with Crippen molar-refractivity contribution in [1.29, 1.82) is 0 Å². The van der Waals surface area contributed by atoms with Gasteiger partial charge in [0.25, 0.3) is 0 Å². The summed E-state index contributed by atoms with van der Waals surface area (Å²) in [6.45, 7) is 0. The zero-order valence-electron chi connectivity index (χ0n) is 22.8. The molecule has 3 aromatic heterocycles. The minimum atomic E-state index is 0.937. The summed E-state index contributed by atoms with van der Waals surface area (Å²) < 4.78 is 0. The van der Waals surface area contributed by atoms with E-state index in [1.807, 2.05) is 49.1 Å². The number of fused-ring (bicyclic) bond motifs is 3. The average molecular weight is 536 g/mol. The third-order valence-electron chi connectivity index (χ3n) is 8.05. The molecule has 3 heteroatoms. The lowest BCUT2D eigenvalue weighted by Crippen LogP contribution is -1.92. The van der Waals surface area contributed by atoms with E-state index >= 15 is 0 Å². The second-order valence-electron chi connectivity index (χ2n) is 10.5. The Labute approximate surface area is 243 Å². The van der Waals surface area contributed by atoms with Crippen LogP contribution in [0.15, 0.2) is 152 Å². The molecule has 0 bridgehead atoms. The quantitative estimate of drug-likeness (QED) is 0.211. The number of hydrogen-bond donors (Lipinski definition) is 0. The van der Waals surface area contributed by atoms with E-state index in [1.165, 1.54) is 49.0 Å². The summed E-state index contributed by atoms with van der Waals surface area (Å²) >= 11 is 0. The second kappa shape index (κ2) is 10.1. The van der Waals surface area contributed by atoms with Gasteiger partial charge in [0, 0.05) is 35.9 Å². The van der Waals surface area contributed by atoms with E-state index in [0.29, 0.717) is 0 Å². The van der Waals surface area contributed by atoms with Crippen LogP contribution in [0.3, 0.4) is 0 Å². The smallest absolute Gasteiger partial charge is 0.0709 e. The average Bonchev–Trinajstić information content (AvgIpc) is 3.07. The topological polar surface area (TPSA) is 38.7 Å². The SMILES string of the molecule is c1ccc(-c2ccc3cc(-c4c5ccccc5c(-c5ccnc(-c6ccncc6)c5)c5ccccc45)ccc3c2)nc1. The molecule has 0 saturated heterocycles. The van der Waals surface area contributed by atoms with Gasteiger partial charge in [-0.2, -0.15) is 0 Å². The van der Waals surface area contributed by atoms with Gasteiger partial charge in [0.1, 0.15) is 0 Å². The fourth-order valence-corrected chi connectivity index (χ4v) is 6.11. The standard InChI is InChI=1S/C39H25N3/c1-3-9-34-32(7-1)38(30-15-13-27-23-29(14-12-28(27)24-30)36-11-5-6-19-41-36)33-8-2-4-10-35(33)39(34)31-18-22-42-37(25-31)26-16-20-40-21-17-26/h1-25H. The molecule has 0 amide bonds. The van der Waals surface area contributed by atoms with Crippen molar-refractivity contribution >= 4 is 32.3 Å². The van der Waals surface area contributed by atoms with Crippen LogP contribution in [-0.4, -0.2) is 15.0 Å². The van der Waals surface area contributed by atoms with Gasteiger partial charge in [-0.05, 0) is 103 Å². The van der Waals surface area contributed by atoms with E-state index < -0.39 is 0 Å². The highest BCUT2D eigenvalue weighted by atomic mass is 14.7. The van der Waals surface area contributed by atoms with Gasteiger partial charge in [0.2, 0.25) is 0 Å². The first kappa shape index (κ1) is 24.2. The molecule has 0 spiro atoms. The number of pyridine rings is 3. The minimum absolute atomic E-state index is 0.937. The van der Waals surface area contributed by atoms with Gasteiger partial charge in [0.15, 0.2) is 0 Å². The molecular formula is C39H25N3. The minimum Gasteiger partial charge on any atom is -0.265 e. The molecule has 0 atom stereocenters. The number of nitrogens with zero attached hydrogens (tertiary/aromatic N) is 3. The van der Waals surface area contributed by atoms with Crippen LogP contribution < -0.4 is 0 Å². The van der Waals surface area contributed by atoms with E-state index in [4.69, 9.17) is 0 Å². The van der Waals surface area contributed by atoms with Crippen molar-refractivity contribution < 1.29 is 0 Å². The molecular weight excluding hydrogens is 510 g/mol. The largest absolute Gasteiger partial charge is 0.265 e. The Hall–Kier alpha value is -5.67. The molecule has 0 unspecified atom stereocenters. The molecule has 0 saturated carbocycles. The van der Waals surface area contributed by atoms with Crippen molar-refractivity contribution in [1.82, 2.24) is 15.0 Å². The summed E-state index contributed by atoms with van der Waals surface area (Å²) in [7, 11) is 0. The van der Waals surface area contributed by atoms with Crippen LogP contribution in [0, 0.1) is 0 Å². The Morgan fingerprint density at radius 1 is 0.333 bits per heavy atom. The molecule has 3 heterocycles. The highest BCUT2D eigenvalue weighted by Gasteiger charge is 2.17. The van der Waals surface area contributed by atoms with Crippen LogP contribution in [0.1, 0.15) is 0 Å². The number of benzene rings is 5. The summed E-state index contributed by atoms with van der Waals surface area (Å²) in [5.74, 6) is 0. The van der Waals surface area contributed by atoms with E-state index in [9.17, 15) is 0 Å². The van der Waals surface area contributed by atoms with Crippen LogP contribution in [0.2, 0.25) is 0 Å². The van der Waals surface area contributed by atoms with Gasteiger partial charge in [0.05, 0.1) is 11.4 Å². The molecule has 196 valence electrons. The highest BCUT2D eigenvalue weighted by Crippen LogP contribution is 2.44. The zero-order valence-corrected chi connectivity index (χ0v) is 22.8. The first-order valence-electron chi connectivity index (χ1n) is 14.1. The van der Waals surface area contributed by atoms with Crippen molar-refractivity contribution in [3.63, 3.8) is 0 Å². The molecule has 0 aliphatic heterocycles. The first-order valence-corrected chi connectivity index (χ1v) is 14.1. The van der Waals surface area contributed by atoms with Gasteiger partial charge in [-0.1, -0.05) is 78.9 Å². The van der Waals surface area contributed by atoms with Crippen LogP contribution in [0.4, 0.5) is 0 Å². The van der Waals surface area contributed by atoms with E-state index in [2.05, 4.69) is 118 Å². The monoisotopic (exact) mass is 535 g/mol. The van der Waals surface area contributed by atoms with Crippen LogP contribution in [0.5, 0.6) is 0 Å². The molecule has 0 fully saturated rings. The molecule has 5 aromatic carbocycles. The number of hydrogen-bond acceptors (Lipinski definition) is 3. The molecule has 3 nitrogen and oxygen atoms in total. The van der Waals surface area contributed by atoms with E-state index in [0.717, 1.165) is 28.1 Å². The number of aromatic nitrogens is 3. The van der Waals surface area contributed by atoms with Crippen molar-refractivity contribution in [3.8, 4) is 44.8 Å². The van der Waals surface area contributed by atoms with Gasteiger partial charge >= 0.3 is 0 Å². The van der Waals surface area contributed by atoms with Crippen molar-refractivity contribution in [3.05, 3.63) is 152 Å². The lowest BCUT2D eigenvalue weighted by atomic mass is 9.85. The fraction of sp³-hybridized carbons (Fsp3) is 0. The van der Waals surface area contributed by atoms with Crippen molar-refractivity contribution in [2.75, 3.05) is 0 Å². The summed E-state index contributed by atoms with van der Waals surface area (Å²) in [5.41, 5.74) is 8.94. The predicted octanol–water partition coefficient (Wildman–Crippen LogP) is 10.00. The second-order valence-corrected chi connectivity index (χ2v) is 10.5.